The Bertz CT molecular complexity index is 1080. The van der Waals surface area contributed by atoms with Crippen LogP contribution in [0.15, 0.2) is 51.4 Å². The van der Waals surface area contributed by atoms with Gasteiger partial charge in [-0.3, -0.25) is 10.1 Å². The van der Waals surface area contributed by atoms with Crippen LogP contribution in [-0.2, 0) is 16.0 Å². The maximum atomic E-state index is 12.5. The molecule has 3 aromatic rings. The van der Waals surface area contributed by atoms with Gasteiger partial charge in [-0.25, -0.2) is 14.8 Å². The van der Waals surface area contributed by atoms with Gasteiger partial charge >= 0.3 is 5.97 Å². The maximum absolute atomic E-state index is 12.5. The van der Waals surface area contributed by atoms with Gasteiger partial charge in [0.1, 0.15) is 5.76 Å². The maximum Gasteiger partial charge on any atom is 0.328 e. The number of hydrogen-bond donors (Lipinski definition) is 2. The van der Waals surface area contributed by atoms with Crippen LogP contribution in [0.1, 0.15) is 48.3 Å². The third-order valence-electron chi connectivity index (χ3n) is 3.90. The first kappa shape index (κ1) is 21.8. The molecule has 0 bridgehead atoms. The summed E-state index contributed by atoms with van der Waals surface area (Å²) in [6.45, 7) is 6.21. The molecular formula is C21H21N3O4S2. The van der Waals surface area contributed by atoms with Crippen LogP contribution >= 0.6 is 23.1 Å². The van der Waals surface area contributed by atoms with E-state index in [4.69, 9.17) is 9.52 Å². The van der Waals surface area contributed by atoms with Crippen LogP contribution in [-0.4, -0.2) is 27.0 Å². The minimum atomic E-state index is -1.04. The van der Waals surface area contributed by atoms with Gasteiger partial charge in [0.05, 0.1) is 22.4 Å². The number of amides is 1. The van der Waals surface area contributed by atoms with Crippen LogP contribution in [0.4, 0.5) is 5.13 Å². The molecule has 0 aliphatic carbocycles. The van der Waals surface area contributed by atoms with Crippen LogP contribution in [0.5, 0.6) is 0 Å². The van der Waals surface area contributed by atoms with Crippen molar-refractivity contribution in [3.05, 3.63) is 65.5 Å². The molecule has 1 aromatic carbocycles. The zero-order valence-corrected chi connectivity index (χ0v) is 18.3. The number of carbonyl (C=O) groups excluding carboxylic acids is 1. The van der Waals surface area contributed by atoms with E-state index >= 15 is 0 Å². The summed E-state index contributed by atoms with van der Waals surface area (Å²) >= 11 is 2.90. The second kappa shape index (κ2) is 9.27. The minimum Gasteiger partial charge on any atom is -0.478 e. The first-order valence-corrected chi connectivity index (χ1v) is 10.9. The Morgan fingerprint density at radius 2 is 2.07 bits per heavy atom. The predicted molar refractivity (Wildman–Crippen MR) is 118 cm³/mol. The molecule has 1 amide bonds. The van der Waals surface area contributed by atoms with Crippen LogP contribution in [0.2, 0.25) is 0 Å². The lowest BCUT2D eigenvalue weighted by Gasteiger charge is -2.12. The van der Waals surface area contributed by atoms with Crippen molar-refractivity contribution in [2.24, 2.45) is 0 Å². The number of carbonyl (C=O) groups is 2. The second-order valence-electron chi connectivity index (χ2n) is 7.39. The average Bonchev–Trinajstić information content (AvgIpc) is 3.34. The van der Waals surface area contributed by atoms with Crippen molar-refractivity contribution in [2.45, 2.75) is 36.1 Å². The van der Waals surface area contributed by atoms with Crippen molar-refractivity contribution in [2.75, 3.05) is 5.32 Å². The van der Waals surface area contributed by atoms with Gasteiger partial charge in [0.25, 0.3) is 5.91 Å². The highest BCUT2D eigenvalue weighted by molar-refractivity contribution is 8.00. The first-order chi connectivity index (χ1) is 14.2. The SMILES string of the molecule is CC(C)(C)c1cnc(CSc2cnc(NC(=O)c3cccc(C=CC(=O)O)c3)s2)o1. The number of thioether (sulfide) groups is 1. The first-order valence-electron chi connectivity index (χ1n) is 9.07. The average molecular weight is 444 g/mol. The predicted octanol–water partition coefficient (Wildman–Crippen LogP) is 5.07. The van der Waals surface area contributed by atoms with E-state index in [1.54, 1.807) is 36.7 Å². The van der Waals surface area contributed by atoms with E-state index in [2.05, 4.69) is 36.1 Å². The van der Waals surface area contributed by atoms with Crippen LogP contribution in [0, 0.1) is 0 Å². The summed E-state index contributed by atoms with van der Waals surface area (Å²) in [7, 11) is 0. The molecule has 0 atom stereocenters. The summed E-state index contributed by atoms with van der Waals surface area (Å²) in [6, 6.07) is 6.70. The van der Waals surface area contributed by atoms with Crippen molar-refractivity contribution in [1.29, 1.82) is 0 Å². The third-order valence-corrected chi connectivity index (χ3v) is 5.99. The van der Waals surface area contributed by atoms with Crippen LogP contribution in [0.25, 0.3) is 6.08 Å². The van der Waals surface area contributed by atoms with Gasteiger partial charge in [-0.2, -0.15) is 0 Å². The van der Waals surface area contributed by atoms with Gasteiger partial charge in [0, 0.05) is 17.1 Å². The molecule has 0 aliphatic heterocycles. The van der Waals surface area contributed by atoms with E-state index in [9.17, 15) is 9.59 Å². The van der Waals surface area contributed by atoms with Crippen LogP contribution in [0.3, 0.4) is 0 Å². The number of anilines is 1. The van der Waals surface area contributed by atoms with Gasteiger partial charge in [-0.05, 0) is 23.8 Å². The molecule has 2 heterocycles. The number of nitrogens with zero attached hydrogens (tertiary/aromatic N) is 2. The number of aliphatic carboxylic acids is 1. The van der Waals surface area contributed by atoms with Gasteiger partial charge in [0.15, 0.2) is 5.13 Å². The highest BCUT2D eigenvalue weighted by Gasteiger charge is 2.19. The van der Waals surface area contributed by atoms with Crippen molar-refractivity contribution >= 4 is 46.2 Å². The molecule has 0 aliphatic rings. The van der Waals surface area contributed by atoms with Crippen LogP contribution < -0.4 is 5.32 Å². The number of hydrogen-bond acceptors (Lipinski definition) is 7. The standard InChI is InChI=1S/C21H21N3O4S2/c1-21(2,3)15-10-22-16(28-15)12-29-18-11-23-20(30-18)24-19(27)14-6-4-5-13(9-14)7-8-17(25)26/h4-11H,12H2,1-3H3,(H,25,26)(H,23,24,27). The molecule has 0 saturated heterocycles. The Balaban J connectivity index is 1.59. The fourth-order valence-electron chi connectivity index (χ4n) is 2.36. The zero-order valence-electron chi connectivity index (χ0n) is 16.7. The molecule has 9 heteroatoms. The summed E-state index contributed by atoms with van der Waals surface area (Å²) in [5, 5.41) is 12.0. The molecule has 3 rings (SSSR count). The number of benzene rings is 1. The largest absolute Gasteiger partial charge is 0.478 e. The molecule has 2 N–H and O–H groups in total. The highest BCUT2D eigenvalue weighted by atomic mass is 32.2. The fraction of sp³-hybridized carbons (Fsp3) is 0.238. The summed E-state index contributed by atoms with van der Waals surface area (Å²) in [5.74, 6) is 0.709. The number of carboxylic acids is 1. The summed E-state index contributed by atoms with van der Waals surface area (Å²) in [4.78, 5) is 31.7. The molecule has 7 nitrogen and oxygen atoms in total. The Morgan fingerprint density at radius 1 is 1.27 bits per heavy atom. The fourth-order valence-corrected chi connectivity index (χ4v) is 4.08. The molecule has 2 aromatic heterocycles. The van der Waals surface area contributed by atoms with E-state index in [0.29, 0.717) is 27.9 Å². The number of carboxylic acid groups (broad SMARTS) is 1. The van der Waals surface area contributed by atoms with Gasteiger partial charge in [-0.15, -0.1) is 11.8 Å². The lowest BCUT2D eigenvalue weighted by Crippen LogP contribution is -2.11. The molecular weight excluding hydrogens is 422 g/mol. The molecule has 30 heavy (non-hydrogen) atoms. The Hall–Kier alpha value is -2.91. The highest BCUT2D eigenvalue weighted by Crippen LogP contribution is 2.32. The van der Waals surface area contributed by atoms with E-state index in [-0.39, 0.29) is 11.3 Å². The van der Waals surface area contributed by atoms with E-state index in [1.165, 1.54) is 29.2 Å². The van der Waals surface area contributed by atoms with Crippen molar-refractivity contribution < 1.29 is 19.1 Å². The minimum absolute atomic E-state index is 0.0847. The third kappa shape index (κ3) is 6.04. The van der Waals surface area contributed by atoms with Crippen molar-refractivity contribution in [3.8, 4) is 0 Å². The molecule has 0 saturated carbocycles. The monoisotopic (exact) mass is 443 g/mol. The lowest BCUT2D eigenvalue weighted by molar-refractivity contribution is -0.131. The van der Waals surface area contributed by atoms with Gasteiger partial charge in [0.2, 0.25) is 5.89 Å². The summed E-state index contributed by atoms with van der Waals surface area (Å²) < 4.78 is 6.71. The molecule has 156 valence electrons. The topological polar surface area (TPSA) is 105 Å². The number of aromatic nitrogens is 2. The number of thiazole rings is 1. The quantitative estimate of drug-likeness (QED) is 0.388. The molecule has 0 spiro atoms. The number of nitrogens with one attached hydrogen (secondary N) is 1. The molecule has 0 radical (unpaired) electrons. The number of rotatable bonds is 7. The Morgan fingerprint density at radius 3 is 2.77 bits per heavy atom. The smallest absolute Gasteiger partial charge is 0.328 e. The molecule has 0 fully saturated rings. The lowest BCUT2D eigenvalue weighted by atomic mass is 9.94. The molecule has 0 unspecified atom stereocenters. The van der Waals surface area contributed by atoms with E-state index < -0.39 is 5.97 Å². The second-order valence-corrected chi connectivity index (χ2v) is 9.70. The number of oxazole rings is 1. The van der Waals surface area contributed by atoms with Gasteiger partial charge in [-0.1, -0.05) is 44.2 Å². The normalized spacial score (nSPS) is 11.7. The summed E-state index contributed by atoms with van der Waals surface area (Å²) in [6.07, 6.45) is 5.92. The Kier molecular flexibility index (Phi) is 6.73. The Labute approximate surface area is 182 Å². The zero-order chi connectivity index (χ0) is 21.7. The van der Waals surface area contributed by atoms with E-state index in [1.807, 2.05) is 0 Å². The summed E-state index contributed by atoms with van der Waals surface area (Å²) in [5.41, 5.74) is 0.959. The van der Waals surface area contributed by atoms with Crippen molar-refractivity contribution in [1.82, 2.24) is 9.97 Å². The van der Waals surface area contributed by atoms with E-state index in [0.717, 1.165) is 16.0 Å². The van der Waals surface area contributed by atoms with Crippen molar-refractivity contribution in [3.63, 3.8) is 0 Å². The van der Waals surface area contributed by atoms with Gasteiger partial charge < -0.3 is 9.52 Å².